The highest BCUT2D eigenvalue weighted by Crippen LogP contribution is 2.25. The van der Waals surface area contributed by atoms with Gasteiger partial charge in [-0.05, 0) is 31.2 Å². The van der Waals surface area contributed by atoms with Gasteiger partial charge in [0.1, 0.15) is 5.82 Å². The predicted molar refractivity (Wildman–Crippen MR) is 94.0 cm³/mol. The monoisotopic (exact) mass is 324 g/mol. The summed E-state index contributed by atoms with van der Waals surface area (Å²) in [6, 6.07) is 12.2. The number of aromatic nitrogens is 3. The lowest BCUT2D eigenvalue weighted by atomic mass is 9.94. The molecule has 1 aromatic carbocycles. The van der Waals surface area contributed by atoms with E-state index in [1.165, 1.54) is 0 Å². The van der Waals surface area contributed by atoms with Crippen molar-refractivity contribution in [2.75, 3.05) is 24.7 Å². The van der Waals surface area contributed by atoms with Gasteiger partial charge in [0.05, 0.1) is 12.4 Å². The van der Waals surface area contributed by atoms with E-state index in [1.807, 2.05) is 41.1 Å². The van der Waals surface area contributed by atoms with Crippen LogP contribution in [0.15, 0.2) is 48.8 Å². The molecule has 1 fully saturated rings. The van der Waals surface area contributed by atoms with Crippen molar-refractivity contribution in [3.63, 3.8) is 0 Å². The van der Waals surface area contributed by atoms with Crippen molar-refractivity contribution >= 4 is 11.6 Å². The second kappa shape index (κ2) is 6.59. The molecule has 1 aliphatic rings. The van der Waals surface area contributed by atoms with E-state index in [-0.39, 0.29) is 6.67 Å². The van der Waals surface area contributed by atoms with E-state index >= 15 is 0 Å². The summed E-state index contributed by atoms with van der Waals surface area (Å²) in [7, 11) is 0. The van der Waals surface area contributed by atoms with E-state index in [0.717, 1.165) is 48.8 Å². The minimum atomic E-state index is -0.203. The number of halogens is 1. The van der Waals surface area contributed by atoms with Gasteiger partial charge in [0.15, 0.2) is 0 Å². The van der Waals surface area contributed by atoms with Crippen LogP contribution in [0.2, 0.25) is 0 Å². The van der Waals surface area contributed by atoms with Crippen molar-refractivity contribution in [1.29, 1.82) is 0 Å². The first-order valence-electron chi connectivity index (χ1n) is 8.55. The van der Waals surface area contributed by atoms with Gasteiger partial charge in [-0.25, -0.2) is 4.98 Å². The Balaban J connectivity index is 1.56. The Morgan fingerprint density at radius 3 is 2.58 bits per heavy atom. The molecule has 0 aliphatic carbocycles. The summed E-state index contributed by atoms with van der Waals surface area (Å²) in [4.78, 5) is 11.7. The van der Waals surface area contributed by atoms with Crippen LogP contribution in [0.5, 0.6) is 0 Å². The van der Waals surface area contributed by atoms with Gasteiger partial charge in [0, 0.05) is 31.0 Å². The van der Waals surface area contributed by atoms with E-state index < -0.39 is 0 Å². The first-order chi connectivity index (χ1) is 11.8. The zero-order valence-corrected chi connectivity index (χ0v) is 13.6. The number of alkyl halides is 1. The summed E-state index contributed by atoms with van der Waals surface area (Å²) in [5, 5.41) is 0. The van der Waals surface area contributed by atoms with Gasteiger partial charge in [0.25, 0.3) is 0 Å². The second-order valence-electron chi connectivity index (χ2n) is 6.39. The summed E-state index contributed by atoms with van der Waals surface area (Å²) >= 11 is 0. The van der Waals surface area contributed by atoms with Gasteiger partial charge in [0.2, 0.25) is 5.78 Å². The van der Waals surface area contributed by atoms with Crippen LogP contribution in [-0.2, 0) is 0 Å². The fourth-order valence-electron chi connectivity index (χ4n) is 3.39. The minimum absolute atomic E-state index is 0.203. The van der Waals surface area contributed by atoms with Crippen LogP contribution < -0.4 is 4.90 Å². The number of rotatable bonds is 4. The Labute approximate surface area is 141 Å². The molecule has 5 heteroatoms. The van der Waals surface area contributed by atoms with Crippen LogP contribution in [0.4, 0.5) is 10.2 Å². The van der Waals surface area contributed by atoms with E-state index in [0.29, 0.717) is 12.3 Å². The molecule has 0 N–H and O–H groups in total. The van der Waals surface area contributed by atoms with Crippen LogP contribution in [0, 0.1) is 5.92 Å². The molecular formula is C19H21FN4. The minimum Gasteiger partial charge on any atom is -0.356 e. The summed E-state index contributed by atoms with van der Waals surface area (Å²) in [6.07, 6.45) is 6.81. The average Bonchev–Trinajstić information content (AvgIpc) is 3.07. The van der Waals surface area contributed by atoms with Crippen LogP contribution in [0.1, 0.15) is 19.3 Å². The molecule has 0 spiro atoms. The molecular weight excluding hydrogens is 303 g/mol. The molecule has 3 aromatic rings. The Morgan fingerprint density at radius 1 is 1.04 bits per heavy atom. The lowest BCUT2D eigenvalue weighted by Gasteiger charge is -2.32. The fraction of sp³-hybridized carbons (Fsp3) is 0.368. The quantitative estimate of drug-likeness (QED) is 0.728. The zero-order valence-electron chi connectivity index (χ0n) is 13.6. The molecule has 0 atom stereocenters. The third-order valence-electron chi connectivity index (χ3n) is 4.84. The van der Waals surface area contributed by atoms with E-state index in [2.05, 4.69) is 22.0 Å². The highest BCUT2D eigenvalue weighted by Gasteiger charge is 2.20. The number of hydrogen-bond acceptors (Lipinski definition) is 3. The standard InChI is InChI=1S/C19H21FN4/c20-10-6-15-7-11-23(12-8-15)18-9-13-24-14-17(21-19(24)22-18)16-4-2-1-3-5-16/h1-5,9,13-15H,6-8,10-12H2. The molecule has 1 saturated heterocycles. The van der Waals surface area contributed by atoms with Crippen LogP contribution in [-0.4, -0.2) is 34.1 Å². The molecule has 3 heterocycles. The van der Waals surface area contributed by atoms with Crippen molar-refractivity contribution in [3.05, 3.63) is 48.8 Å². The van der Waals surface area contributed by atoms with Crippen LogP contribution in [0.3, 0.4) is 0 Å². The topological polar surface area (TPSA) is 33.4 Å². The molecule has 4 rings (SSSR count). The Hall–Kier alpha value is -2.43. The van der Waals surface area contributed by atoms with Crippen LogP contribution in [0.25, 0.3) is 17.0 Å². The number of fused-ring (bicyclic) bond motifs is 1. The molecule has 1 aliphatic heterocycles. The van der Waals surface area contributed by atoms with Crippen molar-refractivity contribution in [2.24, 2.45) is 5.92 Å². The molecule has 0 saturated carbocycles. The summed E-state index contributed by atoms with van der Waals surface area (Å²) in [5.41, 5.74) is 2.03. The van der Waals surface area contributed by atoms with Gasteiger partial charge >= 0.3 is 0 Å². The largest absolute Gasteiger partial charge is 0.356 e. The Bertz CT molecular complexity index is 807. The third-order valence-corrected chi connectivity index (χ3v) is 4.84. The number of nitrogens with zero attached hydrogens (tertiary/aromatic N) is 4. The summed E-state index contributed by atoms with van der Waals surface area (Å²) in [6.45, 7) is 1.69. The first-order valence-corrected chi connectivity index (χ1v) is 8.55. The Kier molecular flexibility index (Phi) is 4.15. The molecule has 124 valence electrons. The van der Waals surface area contributed by atoms with Gasteiger partial charge in [-0.2, -0.15) is 4.98 Å². The van der Waals surface area contributed by atoms with E-state index in [4.69, 9.17) is 4.98 Å². The molecule has 2 aromatic heterocycles. The molecule has 0 unspecified atom stereocenters. The molecule has 0 radical (unpaired) electrons. The normalized spacial score (nSPS) is 16.0. The summed E-state index contributed by atoms with van der Waals surface area (Å²) in [5.74, 6) is 2.20. The summed E-state index contributed by atoms with van der Waals surface area (Å²) < 4.78 is 14.4. The van der Waals surface area contributed by atoms with Crippen molar-refractivity contribution < 1.29 is 4.39 Å². The van der Waals surface area contributed by atoms with Crippen molar-refractivity contribution in [1.82, 2.24) is 14.4 Å². The number of hydrogen-bond donors (Lipinski definition) is 0. The predicted octanol–water partition coefficient (Wildman–Crippen LogP) is 3.97. The second-order valence-corrected chi connectivity index (χ2v) is 6.39. The lowest BCUT2D eigenvalue weighted by molar-refractivity contribution is 0.332. The van der Waals surface area contributed by atoms with Gasteiger partial charge < -0.3 is 4.90 Å². The van der Waals surface area contributed by atoms with Crippen molar-refractivity contribution in [2.45, 2.75) is 19.3 Å². The maximum atomic E-state index is 12.5. The zero-order chi connectivity index (χ0) is 16.4. The number of benzene rings is 1. The smallest absolute Gasteiger partial charge is 0.236 e. The van der Waals surface area contributed by atoms with Gasteiger partial charge in [-0.1, -0.05) is 30.3 Å². The lowest BCUT2D eigenvalue weighted by Crippen LogP contribution is -2.34. The number of anilines is 1. The Morgan fingerprint density at radius 2 is 1.83 bits per heavy atom. The fourth-order valence-corrected chi connectivity index (χ4v) is 3.39. The highest BCUT2D eigenvalue weighted by atomic mass is 19.1. The highest BCUT2D eigenvalue weighted by molar-refractivity contribution is 5.61. The number of piperidine rings is 1. The van der Waals surface area contributed by atoms with E-state index in [9.17, 15) is 4.39 Å². The maximum absolute atomic E-state index is 12.5. The van der Waals surface area contributed by atoms with Crippen molar-refractivity contribution in [3.8, 4) is 11.3 Å². The molecule has 0 amide bonds. The van der Waals surface area contributed by atoms with Gasteiger partial charge in [-0.3, -0.25) is 8.79 Å². The van der Waals surface area contributed by atoms with E-state index in [1.54, 1.807) is 0 Å². The molecule has 4 nitrogen and oxygen atoms in total. The average molecular weight is 324 g/mol. The van der Waals surface area contributed by atoms with Crippen LogP contribution >= 0.6 is 0 Å². The van der Waals surface area contributed by atoms with Gasteiger partial charge in [-0.15, -0.1) is 0 Å². The SMILES string of the molecule is FCCC1CCN(c2ccn3cc(-c4ccccc4)nc3n2)CC1. The third kappa shape index (κ3) is 2.98. The first kappa shape index (κ1) is 15.1. The molecule has 0 bridgehead atoms. The number of imidazole rings is 1. The maximum Gasteiger partial charge on any atom is 0.236 e. The molecule has 24 heavy (non-hydrogen) atoms.